The molecule has 0 spiro atoms. The maximum atomic E-state index is 5.59. The molecule has 1 aliphatic heterocycles. The highest BCUT2D eigenvalue weighted by molar-refractivity contribution is 9.10. The lowest BCUT2D eigenvalue weighted by Crippen LogP contribution is -2.46. The number of rotatable bonds is 8. The molecule has 0 unspecified atom stereocenters. The van der Waals surface area contributed by atoms with E-state index in [0.29, 0.717) is 0 Å². The van der Waals surface area contributed by atoms with Crippen LogP contribution < -0.4 is 9.64 Å². The van der Waals surface area contributed by atoms with Gasteiger partial charge >= 0.3 is 0 Å². The molecule has 7 heteroatoms. The number of methoxy groups -OCH3 is 1. The molecule has 184 valence electrons. The summed E-state index contributed by atoms with van der Waals surface area (Å²) in [5.74, 6) is 2.62. The number of aromatic nitrogens is 2. The van der Waals surface area contributed by atoms with Gasteiger partial charge < -0.3 is 9.64 Å². The molecule has 1 aromatic heterocycles. The average molecular weight is 562 g/mol. The maximum Gasteiger partial charge on any atom is 0.162 e. The lowest BCUT2D eigenvalue weighted by Gasteiger charge is -2.35. The Kier molecular flexibility index (Phi) is 8.21. The highest BCUT2D eigenvalue weighted by atomic mass is 79.9. The minimum absolute atomic E-state index is 0.757. The lowest BCUT2D eigenvalue weighted by molar-refractivity contribution is 0.283. The molecular formula is C29H29BrN4OS. The molecule has 3 aromatic carbocycles. The number of halogens is 1. The minimum Gasteiger partial charge on any atom is -0.496 e. The Labute approximate surface area is 225 Å². The Bertz CT molecular complexity index is 1340. The van der Waals surface area contributed by atoms with E-state index in [1.54, 1.807) is 18.9 Å². The SMILES string of the molecule is COc1ccc(Br)cc1CSc1nc2ccccc2nc1N1CCN(C/C=C/c2ccccc2)CC1. The first-order valence-electron chi connectivity index (χ1n) is 12.1. The molecule has 0 amide bonds. The second-order valence-corrected chi connectivity index (χ2v) is 10.6. The number of para-hydroxylation sites is 2. The van der Waals surface area contributed by atoms with Crippen molar-refractivity contribution in [3.63, 3.8) is 0 Å². The molecule has 0 bridgehead atoms. The van der Waals surface area contributed by atoms with Gasteiger partial charge in [0.15, 0.2) is 5.82 Å². The zero-order chi connectivity index (χ0) is 24.7. The van der Waals surface area contributed by atoms with Crippen LogP contribution in [0.4, 0.5) is 5.82 Å². The van der Waals surface area contributed by atoms with E-state index in [0.717, 1.165) is 76.1 Å². The number of fused-ring (bicyclic) bond motifs is 1. The fraction of sp³-hybridized carbons (Fsp3) is 0.241. The number of benzene rings is 3. The third kappa shape index (κ3) is 6.09. The summed E-state index contributed by atoms with van der Waals surface area (Å²) >= 11 is 5.31. The van der Waals surface area contributed by atoms with Crippen LogP contribution in [0.2, 0.25) is 0 Å². The topological polar surface area (TPSA) is 41.5 Å². The second-order valence-electron chi connectivity index (χ2n) is 8.69. The maximum absolute atomic E-state index is 5.59. The van der Waals surface area contributed by atoms with Crippen molar-refractivity contribution in [2.75, 3.05) is 44.7 Å². The molecule has 0 saturated carbocycles. The third-order valence-electron chi connectivity index (χ3n) is 6.27. The zero-order valence-electron chi connectivity index (χ0n) is 20.3. The van der Waals surface area contributed by atoms with Gasteiger partial charge in [0.05, 0.1) is 18.1 Å². The van der Waals surface area contributed by atoms with Gasteiger partial charge in [0.25, 0.3) is 0 Å². The van der Waals surface area contributed by atoms with E-state index < -0.39 is 0 Å². The summed E-state index contributed by atoms with van der Waals surface area (Å²) in [6.45, 7) is 4.81. The highest BCUT2D eigenvalue weighted by Crippen LogP contribution is 2.34. The average Bonchev–Trinajstić information content (AvgIpc) is 2.92. The molecule has 36 heavy (non-hydrogen) atoms. The molecule has 0 N–H and O–H groups in total. The Morgan fingerprint density at radius 2 is 1.64 bits per heavy atom. The number of hydrogen-bond acceptors (Lipinski definition) is 6. The van der Waals surface area contributed by atoms with Gasteiger partial charge in [-0.15, -0.1) is 0 Å². The third-order valence-corrected chi connectivity index (χ3v) is 7.77. The normalized spacial score (nSPS) is 14.6. The smallest absolute Gasteiger partial charge is 0.162 e. The van der Waals surface area contributed by atoms with Crippen molar-refractivity contribution >= 4 is 50.6 Å². The van der Waals surface area contributed by atoms with Crippen molar-refractivity contribution in [1.29, 1.82) is 0 Å². The van der Waals surface area contributed by atoms with Crippen LogP contribution in [0.3, 0.4) is 0 Å². The molecule has 5 rings (SSSR count). The molecule has 1 saturated heterocycles. The minimum atomic E-state index is 0.757. The van der Waals surface area contributed by atoms with Crippen LogP contribution in [0.15, 0.2) is 88.4 Å². The van der Waals surface area contributed by atoms with Crippen LogP contribution in [-0.2, 0) is 5.75 Å². The summed E-state index contributed by atoms with van der Waals surface area (Å²) in [5, 5.41) is 0.966. The largest absolute Gasteiger partial charge is 0.496 e. The van der Waals surface area contributed by atoms with E-state index in [-0.39, 0.29) is 0 Å². The molecular weight excluding hydrogens is 532 g/mol. The van der Waals surface area contributed by atoms with Crippen molar-refractivity contribution < 1.29 is 4.74 Å². The Morgan fingerprint density at radius 3 is 2.39 bits per heavy atom. The number of thioether (sulfide) groups is 1. The van der Waals surface area contributed by atoms with E-state index in [9.17, 15) is 0 Å². The van der Waals surface area contributed by atoms with Crippen LogP contribution in [0.1, 0.15) is 11.1 Å². The van der Waals surface area contributed by atoms with E-state index in [1.807, 2.05) is 42.5 Å². The molecule has 4 aromatic rings. The van der Waals surface area contributed by atoms with Crippen LogP contribution in [0, 0.1) is 0 Å². The van der Waals surface area contributed by atoms with Gasteiger partial charge in [0.2, 0.25) is 0 Å². The predicted molar refractivity (Wildman–Crippen MR) is 154 cm³/mol. The van der Waals surface area contributed by atoms with Gasteiger partial charge in [-0.3, -0.25) is 4.90 Å². The molecule has 0 aliphatic carbocycles. The molecule has 0 atom stereocenters. The van der Waals surface area contributed by atoms with Crippen LogP contribution in [-0.4, -0.2) is 54.7 Å². The van der Waals surface area contributed by atoms with Crippen LogP contribution >= 0.6 is 27.7 Å². The van der Waals surface area contributed by atoms with E-state index in [2.05, 4.69) is 68.2 Å². The summed E-state index contributed by atoms with van der Waals surface area (Å²) in [6.07, 6.45) is 4.46. The first kappa shape index (κ1) is 24.8. The lowest BCUT2D eigenvalue weighted by atomic mass is 10.2. The number of anilines is 1. The Hall–Kier alpha value is -2.87. The summed E-state index contributed by atoms with van der Waals surface area (Å²) < 4.78 is 6.63. The molecule has 1 fully saturated rings. The zero-order valence-corrected chi connectivity index (χ0v) is 22.7. The molecule has 2 heterocycles. The Morgan fingerprint density at radius 1 is 0.917 bits per heavy atom. The summed E-state index contributed by atoms with van der Waals surface area (Å²) in [4.78, 5) is 15.0. The first-order chi connectivity index (χ1) is 17.7. The predicted octanol–water partition coefficient (Wildman–Crippen LogP) is 6.53. The number of nitrogens with zero attached hydrogens (tertiary/aromatic N) is 4. The molecule has 1 aliphatic rings. The fourth-order valence-corrected chi connectivity index (χ4v) is 5.72. The van der Waals surface area contributed by atoms with E-state index in [4.69, 9.17) is 14.7 Å². The number of hydrogen-bond donors (Lipinski definition) is 0. The highest BCUT2D eigenvalue weighted by Gasteiger charge is 2.22. The van der Waals surface area contributed by atoms with Crippen molar-refractivity contribution in [2.45, 2.75) is 10.8 Å². The van der Waals surface area contributed by atoms with Gasteiger partial charge in [0.1, 0.15) is 10.8 Å². The van der Waals surface area contributed by atoms with E-state index >= 15 is 0 Å². The number of piperazine rings is 1. The van der Waals surface area contributed by atoms with Crippen molar-refractivity contribution in [2.24, 2.45) is 0 Å². The quantitative estimate of drug-likeness (QED) is 0.228. The summed E-state index contributed by atoms with van der Waals surface area (Å²) in [6, 6.07) is 24.7. The van der Waals surface area contributed by atoms with Crippen LogP contribution in [0.25, 0.3) is 17.1 Å². The van der Waals surface area contributed by atoms with Gasteiger partial charge in [-0.2, -0.15) is 0 Å². The summed E-state index contributed by atoms with van der Waals surface area (Å²) in [5.41, 5.74) is 4.24. The second kappa shape index (κ2) is 11.9. The first-order valence-corrected chi connectivity index (χ1v) is 13.9. The summed E-state index contributed by atoms with van der Waals surface area (Å²) in [7, 11) is 1.72. The molecule has 0 radical (unpaired) electrons. The van der Waals surface area contributed by atoms with Gasteiger partial charge in [-0.1, -0.05) is 82.3 Å². The number of ether oxygens (including phenoxy) is 1. The van der Waals surface area contributed by atoms with Gasteiger partial charge in [-0.25, -0.2) is 9.97 Å². The fourth-order valence-electron chi connectivity index (χ4n) is 4.33. The Balaban J connectivity index is 1.30. The van der Waals surface area contributed by atoms with Crippen LogP contribution in [0.5, 0.6) is 5.75 Å². The molecule has 5 nitrogen and oxygen atoms in total. The van der Waals surface area contributed by atoms with Crippen molar-refractivity contribution in [1.82, 2.24) is 14.9 Å². The standard InChI is InChI=1S/C29H29BrN4OS/c1-35-27-14-13-24(30)20-23(27)21-36-29-28(31-25-11-5-6-12-26(25)32-29)34-18-16-33(17-19-34)15-7-10-22-8-3-2-4-9-22/h2-14,20H,15-19,21H2,1H3/b10-7+. The van der Waals surface area contributed by atoms with Crippen molar-refractivity contribution in [3.8, 4) is 5.75 Å². The van der Waals surface area contributed by atoms with Gasteiger partial charge in [0, 0.05) is 48.5 Å². The van der Waals surface area contributed by atoms with Crippen molar-refractivity contribution in [3.05, 3.63) is 94.5 Å². The van der Waals surface area contributed by atoms with E-state index in [1.165, 1.54) is 5.56 Å². The van der Waals surface area contributed by atoms with Gasteiger partial charge in [-0.05, 0) is 35.9 Å². The monoisotopic (exact) mass is 560 g/mol.